The molecule has 2 atom stereocenters. The number of hydrogen-bond donors (Lipinski definition) is 1. The molecule has 1 N–H and O–H groups in total. The fraction of sp³-hybridized carbons (Fsp3) is 0.310. The Morgan fingerprint density at radius 2 is 1.44 bits per heavy atom. The zero-order valence-electron chi connectivity index (χ0n) is 19.4. The molecule has 0 bridgehead atoms. The fourth-order valence-electron chi connectivity index (χ4n) is 4.34. The zero-order valence-corrected chi connectivity index (χ0v) is 19.4. The molecule has 5 nitrogen and oxygen atoms in total. The highest BCUT2D eigenvalue weighted by Crippen LogP contribution is 2.17. The first-order valence-electron chi connectivity index (χ1n) is 12.0. The van der Waals surface area contributed by atoms with Crippen molar-refractivity contribution in [3.63, 3.8) is 0 Å². The lowest BCUT2D eigenvalue weighted by Gasteiger charge is -2.32. The summed E-state index contributed by atoms with van der Waals surface area (Å²) >= 11 is 0. The fourth-order valence-corrected chi connectivity index (χ4v) is 4.34. The molecule has 1 aliphatic heterocycles. The highest BCUT2D eigenvalue weighted by Gasteiger charge is 2.31. The second-order valence-corrected chi connectivity index (χ2v) is 8.76. The molecule has 3 aromatic carbocycles. The van der Waals surface area contributed by atoms with Gasteiger partial charge in [0.25, 0.3) is 0 Å². The van der Waals surface area contributed by atoms with Crippen LogP contribution in [-0.4, -0.2) is 42.0 Å². The van der Waals surface area contributed by atoms with Crippen molar-refractivity contribution in [3.8, 4) is 0 Å². The number of nitrogens with one attached hydrogen (secondary N) is 1. The molecule has 2 amide bonds. The largest absolute Gasteiger partial charge is 0.376 e. The summed E-state index contributed by atoms with van der Waals surface area (Å²) in [5.74, 6) is -0.208. The van der Waals surface area contributed by atoms with Crippen LogP contribution in [0.25, 0.3) is 0 Å². The molecular formula is C29H32N2O3. The maximum atomic E-state index is 13.6. The summed E-state index contributed by atoms with van der Waals surface area (Å²) in [6.07, 6.45) is 2.71. The van der Waals surface area contributed by atoms with Crippen LogP contribution in [0.2, 0.25) is 0 Å². The smallest absolute Gasteiger partial charge is 0.243 e. The molecule has 0 saturated carbocycles. The Bertz CT molecular complexity index is 1030. The van der Waals surface area contributed by atoms with Gasteiger partial charge in [0.1, 0.15) is 6.04 Å². The van der Waals surface area contributed by atoms with Gasteiger partial charge in [-0.05, 0) is 29.5 Å². The Hall–Kier alpha value is -3.44. The molecule has 1 heterocycles. The second-order valence-electron chi connectivity index (χ2n) is 8.76. The summed E-state index contributed by atoms with van der Waals surface area (Å²) in [6.45, 7) is 1.58. The predicted molar refractivity (Wildman–Crippen MR) is 133 cm³/mol. The van der Waals surface area contributed by atoms with E-state index in [9.17, 15) is 9.59 Å². The van der Waals surface area contributed by atoms with Crippen molar-refractivity contribution in [2.24, 2.45) is 0 Å². The number of benzene rings is 3. The molecule has 3 aromatic rings. The van der Waals surface area contributed by atoms with Gasteiger partial charge in [0, 0.05) is 26.1 Å². The minimum absolute atomic E-state index is 0.0453. The Labute approximate surface area is 201 Å². The Morgan fingerprint density at radius 3 is 2.03 bits per heavy atom. The monoisotopic (exact) mass is 456 g/mol. The van der Waals surface area contributed by atoms with Gasteiger partial charge in [-0.25, -0.2) is 0 Å². The van der Waals surface area contributed by atoms with Crippen LogP contribution in [0.15, 0.2) is 91.0 Å². The van der Waals surface area contributed by atoms with E-state index in [1.807, 2.05) is 91.0 Å². The first-order chi connectivity index (χ1) is 16.7. The van der Waals surface area contributed by atoms with Crippen molar-refractivity contribution in [2.45, 2.75) is 44.4 Å². The van der Waals surface area contributed by atoms with Crippen molar-refractivity contribution < 1.29 is 14.3 Å². The molecule has 0 aliphatic carbocycles. The Kier molecular flexibility index (Phi) is 8.47. The van der Waals surface area contributed by atoms with E-state index in [1.54, 1.807) is 4.90 Å². The highest BCUT2D eigenvalue weighted by atomic mass is 16.5. The van der Waals surface area contributed by atoms with Crippen LogP contribution in [0.4, 0.5) is 0 Å². The maximum Gasteiger partial charge on any atom is 0.243 e. The van der Waals surface area contributed by atoms with Gasteiger partial charge in [-0.3, -0.25) is 9.59 Å². The lowest BCUT2D eigenvalue weighted by Crippen LogP contribution is -2.52. The van der Waals surface area contributed by atoms with E-state index in [0.29, 0.717) is 19.5 Å². The molecule has 0 unspecified atom stereocenters. The van der Waals surface area contributed by atoms with Gasteiger partial charge in [0.15, 0.2) is 0 Å². The van der Waals surface area contributed by atoms with Crippen molar-refractivity contribution in [3.05, 3.63) is 108 Å². The number of carbonyl (C=O) groups is 2. The first kappa shape index (κ1) is 23.7. The van der Waals surface area contributed by atoms with Gasteiger partial charge < -0.3 is 15.0 Å². The standard InChI is InChI=1S/C29H32N2O3/c32-28(20-24-13-6-2-7-14-24)31(22-25-15-8-3-9-16-25)27(19-23-11-4-1-5-12-23)29(33)30-21-26-17-10-18-34-26/h1-9,11-16,26-27H,10,17-22H2,(H,30,33)/t26-,27+/m0/s1. The minimum atomic E-state index is -0.625. The lowest BCUT2D eigenvalue weighted by molar-refractivity contribution is -0.141. The summed E-state index contributed by atoms with van der Waals surface area (Å²) in [5, 5.41) is 3.07. The number of nitrogens with zero attached hydrogens (tertiary/aromatic N) is 1. The van der Waals surface area contributed by atoms with Crippen LogP contribution in [0.3, 0.4) is 0 Å². The quantitative estimate of drug-likeness (QED) is 0.498. The normalized spacial score (nSPS) is 16.1. The van der Waals surface area contributed by atoms with Gasteiger partial charge in [0.2, 0.25) is 11.8 Å². The van der Waals surface area contributed by atoms with Crippen LogP contribution < -0.4 is 5.32 Å². The van der Waals surface area contributed by atoms with Crippen LogP contribution >= 0.6 is 0 Å². The summed E-state index contributed by atoms with van der Waals surface area (Å²) in [4.78, 5) is 28.9. The molecule has 176 valence electrons. The lowest BCUT2D eigenvalue weighted by atomic mass is 10.0. The van der Waals surface area contributed by atoms with E-state index >= 15 is 0 Å². The third kappa shape index (κ3) is 6.78. The van der Waals surface area contributed by atoms with Crippen LogP contribution in [0.1, 0.15) is 29.5 Å². The van der Waals surface area contributed by atoms with Gasteiger partial charge in [-0.15, -0.1) is 0 Å². The number of carbonyl (C=O) groups excluding carboxylic acids is 2. The van der Waals surface area contributed by atoms with Crippen LogP contribution in [-0.2, 0) is 33.7 Å². The Balaban J connectivity index is 1.60. The van der Waals surface area contributed by atoms with Gasteiger partial charge in [-0.1, -0.05) is 91.0 Å². The van der Waals surface area contributed by atoms with Crippen molar-refractivity contribution in [1.29, 1.82) is 0 Å². The van der Waals surface area contributed by atoms with E-state index in [1.165, 1.54) is 0 Å². The maximum absolute atomic E-state index is 13.6. The topological polar surface area (TPSA) is 58.6 Å². The molecular weight excluding hydrogens is 424 g/mol. The predicted octanol–water partition coefficient (Wildman–Crippen LogP) is 4.16. The SMILES string of the molecule is O=C(NC[C@@H]1CCCO1)[C@@H](Cc1ccccc1)N(Cc1ccccc1)C(=O)Cc1ccccc1. The number of amides is 2. The summed E-state index contributed by atoms with van der Waals surface area (Å²) in [5.41, 5.74) is 2.95. The zero-order chi connectivity index (χ0) is 23.6. The number of ether oxygens (including phenoxy) is 1. The average Bonchev–Trinajstić information content (AvgIpc) is 3.40. The Morgan fingerprint density at radius 1 is 0.853 bits per heavy atom. The molecule has 5 heteroatoms. The molecule has 1 fully saturated rings. The third-order valence-electron chi connectivity index (χ3n) is 6.19. The van der Waals surface area contributed by atoms with E-state index in [0.717, 1.165) is 36.1 Å². The van der Waals surface area contributed by atoms with Crippen molar-refractivity contribution >= 4 is 11.8 Å². The van der Waals surface area contributed by atoms with Crippen LogP contribution in [0.5, 0.6) is 0 Å². The highest BCUT2D eigenvalue weighted by molar-refractivity contribution is 5.88. The summed E-state index contributed by atoms with van der Waals surface area (Å²) in [6, 6.07) is 28.8. The third-order valence-corrected chi connectivity index (χ3v) is 6.19. The van der Waals surface area contributed by atoms with E-state index in [-0.39, 0.29) is 24.3 Å². The van der Waals surface area contributed by atoms with E-state index in [4.69, 9.17) is 4.74 Å². The average molecular weight is 457 g/mol. The summed E-state index contributed by atoms with van der Waals surface area (Å²) in [7, 11) is 0. The summed E-state index contributed by atoms with van der Waals surface area (Å²) < 4.78 is 5.69. The van der Waals surface area contributed by atoms with Crippen molar-refractivity contribution in [2.75, 3.05) is 13.2 Å². The van der Waals surface area contributed by atoms with E-state index in [2.05, 4.69) is 5.32 Å². The van der Waals surface area contributed by atoms with Gasteiger partial charge >= 0.3 is 0 Å². The first-order valence-corrected chi connectivity index (χ1v) is 12.0. The molecule has 1 saturated heterocycles. The van der Waals surface area contributed by atoms with Gasteiger partial charge in [0.05, 0.1) is 12.5 Å². The van der Waals surface area contributed by atoms with Crippen molar-refractivity contribution in [1.82, 2.24) is 10.2 Å². The molecule has 0 spiro atoms. The molecule has 4 rings (SSSR count). The van der Waals surface area contributed by atoms with Crippen LogP contribution in [0, 0.1) is 0 Å². The molecule has 0 aromatic heterocycles. The number of rotatable bonds is 10. The number of hydrogen-bond acceptors (Lipinski definition) is 3. The molecule has 1 aliphatic rings. The molecule has 34 heavy (non-hydrogen) atoms. The molecule has 0 radical (unpaired) electrons. The second kappa shape index (κ2) is 12.1. The van der Waals surface area contributed by atoms with Gasteiger partial charge in [-0.2, -0.15) is 0 Å². The minimum Gasteiger partial charge on any atom is -0.376 e. The van der Waals surface area contributed by atoms with E-state index < -0.39 is 6.04 Å².